The third kappa shape index (κ3) is 16.3. The largest absolute Gasteiger partial charge is 2.00 e. The van der Waals surface area contributed by atoms with E-state index in [4.69, 9.17) is 0 Å². The van der Waals surface area contributed by atoms with Gasteiger partial charge < -0.3 is 19.4 Å². The van der Waals surface area contributed by atoms with Crippen LogP contribution in [0, 0.1) is 13.8 Å². The standard InChI is InChI=1S/C32H44N2.2C3H7.Ni/c1-3-5-7-9-11-13-15-27-17-21-29(22-18-27)31-25-26-32(34(31)33)30-23-19-28(20-24-30)16-14-12-10-8-6-4-2;2*1-3-2;/h17-26H,3-16H2,1-2H3;2*1,3H2,2H3;/q;2*-1;+2. The fraction of sp³-hybridized carbons (Fsp3) is 0.526. The van der Waals surface area contributed by atoms with Gasteiger partial charge in [0.1, 0.15) is 0 Å². The van der Waals surface area contributed by atoms with E-state index in [9.17, 15) is 5.53 Å². The Morgan fingerprint density at radius 2 is 0.805 bits per heavy atom. The number of benzene rings is 2. The average Bonchev–Trinajstić information content (AvgIpc) is 3.35. The normalized spacial score (nSPS) is 11.9. The first-order valence-corrected chi connectivity index (χ1v) is 16.2. The smallest absolute Gasteiger partial charge is 0.493 e. The van der Waals surface area contributed by atoms with Crippen LogP contribution in [0.1, 0.15) is 140 Å². The molecule has 0 amide bonds. The first-order valence-electron chi connectivity index (χ1n) is 16.2. The summed E-state index contributed by atoms with van der Waals surface area (Å²) < 4.78 is 1.34. The fourth-order valence-electron chi connectivity index (χ4n) is 4.77. The Bertz CT molecular complexity index is 891. The van der Waals surface area contributed by atoms with Gasteiger partial charge in [-0.05, 0) is 61.1 Å². The minimum atomic E-state index is 0. The molecule has 0 bridgehead atoms. The molecule has 0 saturated heterocycles. The quantitative estimate of drug-likeness (QED) is 0.0792. The topological polar surface area (TPSA) is 25.3 Å². The van der Waals surface area contributed by atoms with Gasteiger partial charge in [-0.25, -0.2) is 4.70 Å². The molecule has 0 radical (unpaired) electrons. The summed E-state index contributed by atoms with van der Waals surface area (Å²) in [5, 5.41) is 0. The summed E-state index contributed by atoms with van der Waals surface area (Å²) in [6.07, 6.45) is 24.3. The van der Waals surface area contributed by atoms with Crippen LogP contribution < -0.4 is 0 Å². The van der Waals surface area contributed by atoms with Gasteiger partial charge in [0.15, 0.2) is 0 Å². The minimum absolute atomic E-state index is 0. The molecule has 3 rings (SSSR count). The first kappa shape index (κ1) is 39.0. The number of nitrogens with zero attached hydrogens (tertiary/aromatic N) is 2. The van der Waals surface area contributed by atoms with E-state index < -0.39 is 0 Å². The molecule has 0 atom stereocenters. The van der Waals surface area contributed by atoms with Gasteiger partial charge in [-0.15, -0.1) is 0 Å². The zero-order chi connectivity index (χ0) is 29.4. The molecule has 0 saturated carbocycles. The van der Waals surface area contributed by atoms with Gasteiger partial charge in [0.05, 0.1) is 0 Å². The van der Waals surface area contributed by atoms with E-state index in [0.29, 0.717) is 0 Å². The number of hydrogen-bond acceptors (Lipinski definition) is 0. The number of rotatable bonds is 16. The summed E-state index contributed by atoms with van der Waals surface area (Å²) in [4.78, 5) is 0. The maximum atomic E-state index is 10.9. The Kier molecular flexibility index (Phi) is 24.5. The fourth-order valence-corrected chi connectivity index (χ4v) is 4.77. The van der Waals surface area contributed by atoms with Crippen molar-refractivity contribution in [2.75, 3.05) is 0 Å². The number of hydrogen-bond donors (Lipinski definition) is 0. The predicted octanol–water partition coefficient (Wildman–Crippen LogP) is 12.4. The molecule has 2 nitrogen and oxygen atoms in total. The van der Waals surface area contributed by atoms with Crippen LogP contribution in [-0.2, 0) is 29.3 Å². The van der Waals surface area contributed by atoms with Gasteiger partial charge in [0, 0.05) is 23.3 Å². The van der Waals surface area contributed by atoms with E-state index in [1.54, 1.807) is 0 Å². The van der Waals surface area contributed by atoms with Crippen LogP contribution >= 0.6 is 0 Å². The molecule has 2 aromatic carbocycles. The SMILES string of the molecule is CCCCCCCCc1ccc(C2=CC=C(c3ccc(CCCCCCCC)cc3)[N+]2=[N-])cc1.[CH2-]CC.[CH2-]CC.[Ni+2]. The third-order valence-corrected chi connectivity index (χ3v) is 6.99. The summed E-state index contributed by atoms with van der Waals surface area (Å²) in [5.41, 5.74) is 17.5. The van der Waals surface area contributed by atoms with Crippen LogP contribution in [-0.4, -0.2) is 4.70 Å². The Morgan fingerprint density at radius 1 is 0.512 bits per heavy atom. The van der Waals surface area contributed by atoms with Crippen LogP contribution in [0.25, 0.3) is 16.9 Å². The zero-order valence-electron chi connectivity index (χ0n) is 26.7. The second-order valence-corrected chi connectivity index (χ2v) is 10.8. The third-order valence-electron chi connectivity index (χ3n) is 6.99. The molecule has 2 aromatic rings. The summed E-state index contributed by atoms with van der Waals surface area (Å²) >= 11 is 0. The number of allylic oxidation sites excluding steroid dienone is 2. The monoisotopic (exact) mass is 600 g/mol. The molecule has 0 aliphatic carbocycles. The molecule has 1 heterocycles. The van der Waals surface area contributed by atoms with Crippen molar-refractivity contribution in [1.82, 2.24) is 0 Å². The van der Waals surface area contributed by atoms with Gasteiger partial charge in [-0.2, -0.15) is 12.8 Å². The Hall–Kier alpha value is -1.99. The van der Waals surface area contributed by atoms with E-state index in [2.05, 4.69) is 76.2 Å². The van der Waals surface area contributed by atoms with Crippen LogP contribution in [0.4, 0.5) is 0 Å². The predicted molar refractivity (Wildman–Crippen MR) is 178 cm³/mol. The molecule has 41 heavy (non-hydrogen) atoms. The molecular formula is C38H58N2Ni. The molecule has 0 aromatic heterocycles. The van der Waals surface area contributed by atoms with Crippen molar-refractivity contribution < 1.29 is 21.2 Å². The van der Waals surface area contributed by atoms with Crippen molar-refractivity contribution in [3.05, 3.63) is 102 Å². The van der Waals surface area contributed by atoms with Gasteiger partial charge in [-0.3, -0.25) is 0 Å². The molecule has 1 aliphatic rings. The van der Waals surface area contributed by atoms with Crippen molar-refractivity contribution >= 4 is 11.4 Å². The van der Waals surface area contributed by atoms with Crippen molar-refractivity contribution in [2.24, 2.45) is 0 Å². The van der Waals surface area contributed by atoms with Gasteiger partial charge >= 0.3 is 16.5 Å². The number of aryl methyl sites for hydroxylation is 2. The van der Waals surface area contributed by atoms with Crippen molar-refractivity contribution in [3.63, 3.8) is 0 Å². The van der Waals surface area contributed by atoms with Gasteiger partial charge in [0.25, 0.3) is 0 Å². The van der Waals surface area contributed by atoms with Crippen molar-refractivity contribution in [1.29, 1.82) is 0 Å². The van der Waals surface area contributed by atoms with Gasteiger partial charge in [-0.1, -0.05) is 116 Å². The van der Waals surface area contributed by atoms with Crippen LogP contribution in [0.2, 0.25) is 0 Å². The van der Waals surface area contributed by atoms with Gasteiger partial charge in [0.2, 0.25) is 11.4 Å². The summed E-state index contributed by atoms with van der Waals surface area (Å²) in [5.74, 6) is 0. The molecule has 0 N–H and O–H groups in total. The Balaban J connectivity index is 0.00000210. The van der Waals surface area contributed by atoms with E-state index in [0.717, 1.165) is 48.2 Å². The van der Waals surface area contributed by atoms with E-state index in [1.165, 1.54) is 92.9 Å². The number of unbranched alkanes of at least 4 members (excludes halogenated alkanes) is 10. The van der Waals surface area contributed by atoms with Crippen molar-refractivity contribution in [3.8, 4) is 0 Å². The van der Waals surface area contributed by atoms with Crippen molar-refractivity contribution in [2.45, 2.75) is 130 Å². The molecule has 1 aliphatic heterocycles. The van der Waals surface area contributed by atoms with E-state index in [1.807, 2.05) is 26.0 Å². The molecule has 0 spiro atoms. The molecular weight excluding hydrogens is 543 g/mol. The average molecular weight is 602 g/mol. The van der Waals surface area contributed by atoms with Crippen LogP contribution in [0.5, 0.6) is 0 Å². The molecule has 3 heteroatoms. The van der Waals surface area contributed by atoms with E-state index >= 15 is 0 Å². The zero-order valence-corrected chi connectivity index (χ0v) is 27.7. The second-order valence-electron chi connectivity index (χ2n) is 10.8. The summed E-state index contributed by atoms with van der Waals surface area (Å²) in [6.45, 7) is 15.5. The molecule has 0 fully saturated rings. The van der Waals surface area contributed by atoms with E-state index in [-0.39, 0.29) is 16.5 Å². The molecule has 0 unspecified atom stereocenters. The first-order chi connectivity index (χ1) is 19.6. The van der Waals surface area contributed by atoms with Crippen LogP contribution in [0.3, 0.4) is 0 Å². The van der Waals surface area contributed by atoms with Crippen LogP contribution in [0.15, 0.2) is 60.7 Å². The second kappa shape index (κ2) is 25.7. The Labute approximate surface area is 264 Å². The summed E-state index contributed by atoms with van der Waals surface area (Å²) in [7, 11) is 0. The maximum Gasteiger partial charge on any atom is 2.00 e. The maximum absolute atomic E-state index is 10.9. The summed E-state index contributed by atoms with van der Waals surface area (Å²) in [6, 6.07) is 17.4. The molecule has 230 valence electrons. The minimum Gasteiger partial charge on any atom is -0.493 e. The Morgan fingerprint density at radius 3 is 1.12 bits per heavy atom.